The molecule has 0 saturated heterocycles. The lowest BCUT2D eigenvalue weighted by Crippen LogP contribution is -2.30. The Morgan fingerprint density at radius 2 is 1.80 bits per heavy atom. The Labute approximate surface area is 144 Å². The summed E-state index contributed by atoms with van der Waals surface area (Å²) in [6.45, 7) is 5.08. The van der Waals surface area contributed by atoms with Gasteiger partial charge in [0.05, 0.1) is 10.5 Å². The van der Waals surface area contributed by atoms with Crippen LogP contribution in [0.2, 0.25) is 0 Å². The molecule has 130 valence electrons. The molecule has 2 rings (SSSR count). The van der Waals surface area contributed by atoms with Crippen molar-refractivity contribution in [1.29, 1.82) is 0 Å². The number of nitrogens with one attached hydrogen (secondary N) is 1. The lowest BCUT2D eigenvalue weighted by atomic mass is 10.0. The fourth-order valence-electron chi connectivity index (χ4n) is 2.22. The van der Waals surface area contributed by atoms with Gasteiger partial charge in [0, 0.05) is 6.07 Å². The molecule has 0 aliphatic rings. The molecule has 0 heterocycles. The summed E-state index contributed by atoms with van der Waals surface area (Å²) in [7, 11) is 0. The number of anilines is 1. The minimum Gasteiger partial charge on any atom is -0.449 e. The van der Waals surface area contributed by atoms with Crippen LogP contribution in [0.15, 0.2) is 42.5 Å². The maximum Gasteiger partial charge on any atom is 0.339 e. The molecular weight excluding hydrogens is 324 g/mol. The molecule has 0 saturated carbocycles. The molecule has 7 heteroatoms. The van der Waals surface area contributed by atoms with Crippen LogP contribution in [0.3, 0.4) is 0 Å². The van der Waals surface area contributed by atoms with Crippen molar-refractivity contribution in [1.82, 2.24) is 0 Å². The summed E-state index contributed by atoms with van der Waals surface area (Å²) < 4.78 is 5.19. The summed E-state index contributed by atoms with van der Waals surface area (Å²) >= 11 is 0. The minimum atomic E-state index is -1.10. The molecule has 2 aromatic carbocycles. The third kappa shape index (κ3) is 4.20. The van der Waals surface area contributed by atoms with Crippen molar-refractivity contribution < 1.29 is 19.2 Å². The molecule has 1 N–H and O–H groups in total. The Morgan fingerprint density at radius 1 is 1.12 bits per heavy atom. The summed E-state index contributed by atoms with van der Waals surface area (Å²) in [4.78, 5) is 34.8. The van der Waals surface area contributed by atoms with Crippen molar-refractivity contribution in [2.45, 2.75) is 26.9 Å². The maximum absolute atomic E-state index is 12.2. The van der Waals surface area contributed by atoms with Crippen LogP contribution in [0.25, 0.3) is 0 Å². The molecule has 0 spiro atoms. The Bertz CT molecular complexity index is 832. The van der Waals surface area contributed by atoms with Gasteiger partial charge in [-0.25, -0.2) is 4.79 Å². The Morgan fingerprint density at radius 3 is 2.48 bits per heavy atom. The van der Waals surface area contributed by atoms with E-state index in [4.69, 9.17) is 4.74 Å². The highest BCUT2D eigenvalue weighted by Gasteiger charge is 2.23. The van der Waals surface area contributed by atoms with Gasteiger partial charge in [0.2, 0.25) is 0 Å². The first kappa shape index (κ1) is 18.1. The van der Waals surface area contributed by atoms with Crippen LogP contribution >= 0.6 is 0 Å². The lowest BCUT2D eigenvalue weighted by molar-refractivity contribution is -0.383. The van der Waals surface area contributed by atoms with Crippen molar-refractivity contribution in [2.75, 3.05) is 5.32 Å². The zero-order valence-corrected chi connectivity index (χ0v) is 14.1. The predicted molar refractivity (Wildman–Crippen MR) is 92.5 cm³/mol. The lowest BCUT2D eigenvalue weighted by Gasteiger charge is -2.15. The quantitative estimate of drug-likeness (QED) is 0.510. The first-order valence-corrected chi connectivity index (χ1v) is 7.62. The van der Waals surface area contributed by atoms with Crippen LogP contribution in [-0.2, 0) is 9.53 Å². The first-order chi connectivity index (χ1) is 11.8. The number of nitro groups is 1. The summed E-state index contributed by atoms with van der Waals surface area (Å²) in [6, 6.07) is 11.0. The number of nitrogens with zero attached hydrogens (tertiary/aromatic N) is 1. The minimum absolute atomic E-state index is 0.0483. The number of rotatable bonds is 5. The monoisotopic (exact) mass is 342 g/mol. The molecule has 2 aromatic rings. The number of ether oxygens (including phenoxy) is 1. The molecule has 1 amide bonds. The third-order valence-electron chi connectivity index (χ3n) is 3.84. The van der Waals surface area contributed by atoms with Crippen molar-refractivity contribution in [2.24, 2.45) is 0 Å². The van der Waals surface area contributed by atoms with Gasteiger partial charge < -0.3 is 10.1 Å². The zero-order valence-electron chi connectivity index (χ0n) is 14.1. The maximum atomic E-state index is 12.2. The molecule has 0 aromatic heterocycles. The third-order valence-corrected chi connectivity index (χ3v) is 3.84. The highest BCUT2D eigenvalue weighted by molar-refractivity contribution is 5.99. The Balaban J connectivity index is 2.09. The molecule has 1 atom stereocenters. The second-order valence-corrected chi connectivity index (χ2v) is 5.56. The summed E-state index contributed by atoms with van der Waals surface area (Å²) in [5.41, 5.74) is 1.91. The number of benzene rings is 2. The standard InChI is InChI=1S/C18H18N2O5/c1-11-7-6-8-14(12(11)2)18(22)25-13(3)17(21)19-15-9-4-5-10-16(15)20(23)24/h4-10,13H,1-3H3,(H,19,21)/t13-/m0/s1. The van der Waals surface area contributed by atoms with Crippen molar-refractivity contribution in [3.63, 3.8) is 0 Å². The molecule has 7 nitrogen and oxygen atoms in total. The van der Waals surface area contributed by atoms with Crippen LogP contribution in [-0.4, -0.2) is 22.9 Å². The Hall–Kier alpha value is -3.22. The van der Waals surface area contributed by atoms with Gasteiger partial charge in [0.1, 0.15) is 5.69 Å². The smallest absolute Gasteiger partial charge is 0.339 e. The average molecular weight is 342 g/mol. The Kier molecular flexibility index (Phi) is 5.49. The van der Waals surface area contributed by atoms with E-state index < -0.39 is 22.9 Å². The summed E-state index contributed by atoms with van der Waals surface area (Å²) in [5.74, 6) is -1.26. The van der Waals surface area contributed by atoms with E-state index in [9.17, 15) is 19.7 Å². The number of amides is 1. The number of esters is 1. The number of carbonyl (C=O) groups excluding carboxylic acids is 2. The molecule has 0 bridgehead atoms. The van der Waals surface area contributed by atoms with E-state index in [1.54, 1.807) is 25.1 Å². The van der Waals surface area contributed by atoms with E-state index in [1.165, 1.54) is 25.1 Å². The second-order valence-electron chi connectivity index (χ2n) is 5.56. The molecular formula is C18H18N2O5. The molecule has 0 radical (unpaired) electrons. The number of hydrogen-bond donors (Lipinski definition) is 1. The number of nitro benzene ring substituents is 1. The topological polar surface area (TPSA) is 98.5 Å². The summed E-state index contributed by atoms with van der Waals surface area (Å²) in [6.07, 6.45) is -1.10. The first-order valence-electron chi connectivity index (χ1n) is 7.62. The molecule has 25 heavy (non-hydrogen) atoms. The molecule has 0 fully saturated rings. The summed E-state index contributed by atoms with van der Waals surface area (Å²) in [5, 5.41) is 13.4. The van der Waals surface area contributed by atoms with Crippen LogP contribution in [0, 0.1) is 24.0 Å². The molecule has 0 unspecified atom stereocenters. The number of aryl methyl sites for hydroxylation is 1. The van der Waals surface area contributed by atoms with Crippen molar-refractivity contribution >= 4 is 23.3 Å². The van der Waals surface area contributed by atoms with E-state index in [1.807, 2.05) is 13.0 Å². The number of hydrogen-bond acceptors (Lipinski definition) is 5. The van der Waals surface area contributed by atoms with Gasteiger partial charge in [-0.15, -0.1) is 0 Å². The normalized spacial score (nSPS) is 11.5. The second kappa shape index (κ2) is 7.57. The van der Waals surface area contributed by atoms with Gasteiger partial charge in [-0.2, -0.15) is 0 Å². The predicted octanol–water partition coefficient (Wildman–Crippen LogP) is 3.40. The van der Waals surface area contributed by atoms with E-state index >= 15 is 0 Å². The molecule has 0 aliphatic heterocycles. The zero-order chi connectivity index (χ0) is 18.6. The van der Waals surface area contributed by atoms with Gasteiger partial charge in [-0.1, -0.05) is 24.3 Å². The van der Waals surface area contributed by atoms with Gasteiger partial charge in [0.25, 0.3) is 11.6 Å². The van der Waals surface area contributed by atoms with E-state index in [2.05, 4.69) is 5.32 Å². The van der Waals surface area contributed by atoms with Gasteiger partial charge in [-0.05, 0) is 44.0 Å². The van der Waals surface area contributed by atoms with Crippen LogP contribution in [0.4, 0.5) is 11.4 Å². The average Bonchev–Trinajstić information content (AvgIpc) is 2.57. The fraction of sp³-hybridized carbons (Fsp3) is 0.222. The van der Waals surface area contributed by atoms with Crippen LogP contribution in [0.5, 0.6) is 0 Å². The van der Waals surface area contributed by atoms with Gasteiger partial charge in [-0.3, -0.25) is 14.9 Å². The largest absolute Gasteiger partial charge is 0.449 e. The van der Waals surface area contributed by atoms with E-state index in [-0.39, 0.29) is 11.4 Å². The van der Waals surface area contributed by atoms with Crippen LogP contribution in [0.1, 0.15) is 28.4 Å². The van der Waals surface area contributed by atoms with E-state index in [0.717, 1.165) is 11.1 Å². The number of carbonyl (C=O) groups is 2. The van der Waals surface area contributed by atoms with Gasteiger partial charge >= 0.3 is 5.97 Å². The highest BCUT2D eigenvalue weighted by Crippen LogP contribution is 2.23. The van der Waals surface area contributed by atoms with Crippen LogP contribution < -0.4 is 5.32 Å². The highest BCUT2D eigenvalue weighted by atomic mass is 16.6. The van der Waals surface area contributed by atoms with Gasteiger partial charge in [0.15, 0.2) is 6.10 Å². The van der Waals surface area contributed by atoms with E-state index in [0.29, 0.717) is 5.56 Å². The number of para-hydroxylation sites is 2. The molecule has 0 aliphatic carbocycles. The van der Waals surface area contributed by atoms with Crippen molar-refractivity contribution in [3.8, 4) is 0 Å². The van der Waals surface area contributed by atoms with Crippen molar-refractivity contribution in [3.05, 3.63) is 69.3 Å². The SMILES string of the molecule is Cc1cccc(C(=O)O[C@@H](C)C(=O)Nc2ccccc2[N+](=O)[O-])c1C. The fourth-order valence-corrected chi connectivity index (χ4v) is 2.22.